The van der Waals surface area contributed by atoms with Gasteiger partial charge in [0.2, 0.25) is 27.9 Å². The van der Waals surface area contributed by atoms with Crippen molar-refractivity contribution in [1.82, 2.24) is 19.3 Å². The summed E-state index contributed by atoms with van der Waals surface area (Å²) in [4.78, 5) is 13.8. The van der Waals surface area contributed by atoms with Gasteiger partial charge in [-0.05, 0) is 42.5 Å². The molecule has 42 heavy (non-hydrogen) atoms. The maximum absolute atomic E-state index is 11.7. The Labute approximate surface area is 247 Å². The summed E-state index contributed by atoms with van der Waals surface area (Å²) >= 11 is 0. The van der Waals surface area contributed by atoms with Crippen LogP contribution in [0.3, 0.4) is 0 Å². The first-order chi connectivity index (χ1) is 19.5. The van der Waals surface area contributed by atoms with Crippen molar-refractivity contribution in [3.8, 4) is 0 Å². The number of hydrogen-bond donors (Lipinski definition) is 4. The van der Waals surface area contributed by atoms with E-state index in [2.05, 4.69) is 25.6 Å². The van der Waals surface area contributed by atoms with Gasteiger partial charge in [0.15, 0.2) is 0 Å². The first-order valence-corrected chi connectivity index (χ1v) is 17.3. The zero-order valence-electron chi connectivity index (χ0n) is 24.3. The minimum Gasteiger partial charge on any atom is -0.342 e. The zero-order valence-corrected chi connectivity index (χ0v) is 26.8. The molecule has 0 aliphatic carbocycles. The molecule has 0 saturated carbocycles. The number of hydrogen-bond acceptors (Lipinski definition) is 12. The van der Waals surface area contributed by atoms with Gasteiger partial charge in [-0.1, -0.05) is 33.8 Å². The molecule has 0 unspecified atom stereocenters. The van der Waals surface area contributed by atoms with Gasteiger partial charge in [0, 0.05) is 38.6 Å². The van der Waals surface area contributed by atoms with Crippen LogP contribution >= 0.6 is 0 Å². The standard InChI is InChI=1S/C20H25N7O8S3.2C2H6/c1-26(11-12-27(2)36(3,28)29)20-24-18(21-14-7-9-16(10-8-14)37(30,31)32)23-19(25-20)22-15-5-4-6-17(13-15)38(33,34)35;2*1-2/h4-10,13H,11-12H2,1-3H3,(H,30,31,32)(H,33,34,35)(H2,21,22,23,24,25);2*1-2H3. The lowest BCUT2D eigenvalue weighted by Crippen LogP contribution is -2.34. The molecule has 15 nitrogen and oxygen atoms in total. The van der Waals surface area contributed by atoms with Gasteiger partial charge in [-0.2, -0.15) is 31.8 Å². The molecule has 0 fully saturated rings. The molecule has 0 radical (unpaired) electrons. The van der Waals surface area contributed by atoms with Crippen LogP contribution in [0.25, 0.3) is 0 Å². The molecule has 3 rings (SSSR count). The second-order valence-corrected chi connectivity index (χ2v) is 13.0. The van der Waals surface area contributed by atoms with Crippen LogP contribution in [0.4, 0.5) is 29.2 Å². The smallest absolute Gasteiger partial charge is 0.294 e. The Morgan fingerprint density at radius 3 is 1.67 bits per heavy atom. The molecule has 0 bridgehead atoms. The largest absolute Gasteiger partial charge is 0.342 e. The van der Waals surface area contributed by atoms with E-state index >= 15 is 0 Å². The van der Waals surface area contributed by atoms with Crippen molar-refractivity contribution in [3.63, 3.8) is 0 Å². The van der Waals surface area contributed by atoms with Crippen LogP contribution in [-0.4, -0.2) is 87.1 Å². The van der Waals surface area contributed by atoms with E-state index in [0.717, 1.165) is 10.6 Å². The van der Waals surface area contributed by atoms with Crippen LogP contribution in [0.2, 0.25) is 0 Å². The van der Waals surface area contributed by atoms with Crippen molar-refractivity contribution >= 4 is 59.5 Å². The molecule has 234 valence electrons. The second kappa shape index (κ2) is 15.7. The Morgan fingerprint density at radius 1 is 0.690 bits per heavy atom. The molecule has 18 heteroatoms. The molecule has 0 aliphatic rings. The third-order valence-electron chi connectivity index (χ3n) is 5.08. The lowest BCUT2D eigenvalue weighted by molar-refractivity contribution is 0.478. The molecule has 0 saturated heterocycles. The van der Waals surface area contributed by atoms with Gasteiger partial charge in [-0.3, -0.25) is 9.11 Å². The average molecular weight is 648 g/mol. The Bertz CT molecular complexity index is 1630. The summed E-state index contributed by atoms with van der Waals surface area (Å²) in [6.07, 6.45) is 1.08. The van der Waals surface area contributed by atoms with E-state index in [1.807, 2.05) is 27.7 Å². The van der Waals surface area contributed by atoms with Crippen LogP contribution in [0.5, 0.6) is 0 Å². The maximum atomic E-state index is 11.7. The molecule has 0 spiro atoms. The Morgan fingerprint density at radius 2 is 1.19 bits per heavy atom. The number of nitrogens with one attached hydrogen (secondary N) is 2. The fourth-order valence-corrected chi connectivity index (χ4v) is 4.33. The topological polar surface area (TPSA) is 212 Å². The van der Waals surface area contributed by atoms with Crippen LogP contribution < -0.4 is 15.5 Å². The van der Waals surface area contributed by atoms with Gasteiger partial charge in [0.05, 0.1) is 16.0 Å². The van der Waals surface area contributed by atoms with Crippen molar-refractivity contribution in [2.24, 2.45) is 0 Å². The van der Waals surface area contributed by atoms with Gasteiger partial charge in [-0.25, -0.2) is 12.7 Å². The predicted octanol–water partition coefficient (Wildman–Crippen LogP) is 3.23. The predicted molar refractivity (Wildman–Crippen MR) is 162 cm³/mol. The van der Waals surface area contributed by atoms with Crippen molar-refractivity contribution in [3.05, 3.63) is 48.5 Å². The molecule has 0 atom stereocenters. The number of rotatable bonds is 11. The van der Waals surface area contributed by atoms with E-state index in [9.17, 15) is 29.8 Å². The maximum Gasteiger partial charge on any atom is 0.294 e. The molecule has 1 heterocycles. The lowest BCUT2D eigenvalue weighted by atomic mass is 10.3. The van der Waals surface area contributed by atoms with Gasteiger partial charge in [0.1, 0.15) is 0 Å². The quantitative estimate of drug-likeness (QED) is 0.220. The van der Waals surface area contributed by atoms with Crippen LogP contribution in [0.1, 0.15) is 27.7 Å². The zero-order chi connectivity index (χ0) is 32.3. The van der Waals surface area contributed by atoms with Crippen molar-refractivity contribution in [1.29, 1.82) is 0 Å². The van der Waals surface area contributed by atoms with Crippen LogP contribution in [0.15, 0.2) is 58.3 Å². The van der Waals surface area contributed by atoms with E-state index in [-0.39, 0.29) is 46.4 Å². The van der Waals surface area contributed by atoms with Gasteiger partial charge < -0.3 is 15.5 Å². The summed E-state index contributed by atoms with van der Waals surface area (Å²) in [6, 6.07) is 10.4. The van der Waals surface area contributed by atoms with Crippen molar-refractivity contribution < 1.29 is 34.4 Å². The first-order valence-electron chi connectivity index (χ1n) is 12.6. The highest BCUT2D eigenvalue weighted by Crippen LogP contribution is 2.22. The minimum atomic E-state index is -4.46. The SMILES string of the molecule is CC.CC.CN(CCN(C)S(C)(=O)=O)c1nc(Nc2ccc(S(=O)(=O)O)cc2)nc(Nc2cccc(S(=O)(=O)O)c2)n1. The van der Waals surface area contributed by atoms with E-state index in [4.69, 9.17) is 4.55 Å². The summed E-state index contributed by atoms with van der Waals surface area (Å²) in [5.74, 6) is 0.0987. The van der Waals surface area contributed by atoms with E-state index in [1.165, 1.54) is 55.6 Å². The molecular formula is C24H37N7O8S3. The number of aromatic nitrogens is 3. The van der Waals surface area contributed by atoms with Gasteiger partial charge >= 0.3 is 0 Å². The van der Waals surface area contributed by atoms with E-state index < -0.39 is 30.3 Å². The molecule has 0 amide bonds. The number of likely N-dealkylation sites (N-methyl/N-ethyl adjacent to an activating group) is 2. The lowest BCUT2D eigenvalue weighted by Gasteiger charge is -2.21. The normalized spacial score (nSPS) is 11.5. The number of benzene rings is 2. The fourth-order valence-electron chi connectivity index (χ4n) is 2.91. The summed E-state index contributed by atoms with van der Waals surface area (Å²) in [5, 5.41) is 5.71. The molecule has 0 aliphatic heterocycles. The summed E-state index contributed by atoms with van der Waals surface area (Å²) in [7, 11) is -9.20. The molecular weight excluding hydrogens is 611 g/mol. The minimum absolute atomic E-state index is 0.00589. The highest BCUT2D eigenvalue weighted by Gasteiger charge is 2.16. The van der Waals surface area contributed by atoms with E-state index in [0.29, 0.717) is 5.69 Å². The summed E-state index contributed by atoms with van der Waals surface area (Å²) in [6.45, 7) is 8.33. The molecule has 2 aromatic carbocycles. The van der Waals surface area contributed by atoms with Crippen molar-refractivity contribution in [2.75, 3.05) is 49.0 Å². The molecule has 1 aromatic heterocycles. The van der Waals surface area contributed by atoms with Gasteiger partial charge in [-0.15, -0.1) is 0 Å². The number of anilines is 5. The Kier molecular flexibility index (Phi) is 13.7. The Balaban J connectivity index is 0.00000211. The highest BCUT2D eigenvalue weighted by molar-refractivity contribution is 7.88. The third-order valence-corrected chi connectivity index (χ3v) is 8.11. The fraction of sp³-hybridized carbons (Fsp3) is 0.375. The molecule has 3 aromatic rings. The Hall–Kier alpha value is -3.42. The average Bonchev–Trinajstić information content (AvgIpc) is 2.92. The summed E-state index contributed by atoms with van der Waals surface area (Å²) < 4.78 is 88.6. The first kappa shape index (κ1) is 36.6. The van der Waals surface area contributed by atoms with Crippen molar-refractivity contribution in [2.45, 2.75) is 37.5 Å². The van der Waals surface area contributed by atoms with E-state index in [1.54, 1.807) is 11.9 Å². The van der Waals surface area contributed by atoms with Crippen LogP contribution in [0, 0.1) is 0 Å². The summed E-state index contributed by atoms with van der Waals surface area (Å²) in [5.41, 5.74) is 0.605. The van der Waals surface area contributed by atoms with Gasteiger partial charge in [0.25, 0.3) is 20.2 Å². The monoisotopic (exact) mass is 647 g/mol. The second-order valence-electron chi connectivity index (χ2n) is 8.04. The highest BCUT2D eigenvalue weighted by atomic mass is 32.2. The molecule has 4 N–H and O–H groups in total. The van der Waals surface area contributed by atoms with Crippen LogP contribution in [-0.2, 0) is 30.3 Å². The third kappa shape index (κ3) is 11.5. The number of nitrogens with zero attached hydrogens (tertiary/aromatic N) is 5. The number of sulfonamides is 1.